The van der Waals surface area contributed by atoms with E-state index in [4.69, 9.17) is 13.6 Å². The van der Waals surface area contributed by atoms with Crippen molar-refractivity contribution in [1.29, 1.82) is 0 Å². The lowest BCUT2D eigenvalue weighted by Crippen LogP contribution is -2.22. The summed E-state index contributed by atoms with van der Waals surface area (Å²) in [6.07, 6.45) is 3.60. The van der Waals surface area contributed by atoms with Gasteiger partial charge < -0.3 is 36.1 Å². The minimum absolute atomic E-state index is 0.0394. The highest BCUT2D eigenvalue weighted by molar-refractivity contribution is 6.08. The molecular weight excluding hydrogens is 538 g/mol. The van der Waals surface area contributed by atoms with Gasteiger partial charge in [0.2, 0.25) is 5.91 Å². The SMILES string of the molecule is [2H]C([2H])([2H])NC(=O)c1nnc(NC(=O)C2CC2)cc1Nc1cccc(C(=O)Nc2ccc(NCC3CCOCC3)cc2)c1OC. The maximum absolute atomic E-state index is 13.3. The van der Waals surface area contributed by atoms with Gasteiger partial charge in [0.1, 0.15) is 0 Å². The molecule has 1 aliphatic carbocycles. The Morgan fingerprint density at radius 3 is 2.43 bits per heavy atom. The number of carbonyl (C=O) groups is 3. The van der Waals surface area contributed by atoms with Gasteiger partial charge in [-0.1, -0.05) is 6.07 Å². The van der Waals surface area contributed by atoms with Gasteiger partial charge in [0.05, 0.1) is 24.0 Å². The number of ether oxygens (including phenoxy) is 2. The van der Waals surface area contributed by atoms with Crippen LogP contribution in [0.5, 0.6) is 5.75 Å². The smallest absolute Gasteiger partial charge is 0.273 e. The zero-order valence-electron chi connectivity index (χ0n) is 26.2. The Morgan fingerprint density at radius 1 is 0.952 bits per heavy atom. The van der Waals surface area contributed by atoms with Gasteiger partial charge in [-0.25, -0.2) is 0 Å². The lowest BCUT2D eigenvalue weighted by Gasteiger charge is -2.22. The van der Waals surface area contributed by atoms with E-state index in [0.29, 0.717) is 11.6 Å². The Bertz CT molecular complexity index is 1540. The predicted molar refractivity (Wildman–Crippen MR) is 159 cm³/mol. The number of hydrogen-bond donors (Lipinski definition) is 5. The van der Waals surface area contributed by atoms with E-state index >= 15 is 0 Å². The molecule has 3 amide bonds. The molecule has 42 heavy (non-hydrogen) atoms. The van der Waals surface area contributed by atoms with Gasteiger partial charge in [0.25, 0.3) is 11.8 Å². The van der Waals surface area contributed by atoms with Crippen LogP contribution in [0.4, 0.5) is 28.6 Å². The first kappa shape index (κ1) is 25.0. The summed E-state index contributed by atoms with van der Waals surface area (Å²) in [6, 6.07) is 13.6. The first-order valence-corrected chi connectivity index (χ1v) is 13.8. The summed E-state index contributed by atoms with van der Waals surface area (Å²) >= 11 is 0. The van der Waals surface area contributed by atoms with E-state index in [1.165, 1.54) is 13.2 Å². The number of hydrogen-bond acceptors (Lipinski definition) is 9. The third kappa shape index (κ3) is 7.13. The number of para-hydroxylation sites is 1. The molecule has 220 valence electrons. The summed E-state index contributed by atoms with van der Waals surface area (Å²) in [5.74, 6) is -0.996. The predicted octanol–water partition coefficient (Wildman–Crippen LogP) is 4.03. The van der Waals surface area contributed by atoms with Crippen molar-refractivity contribution in [3.63, 3.8) is 0 Å². The molecule has 1 saturated carbocycles. The van der Waals surface area contributed by atoms with Crippen LogP contribution in [0.25, 0.3) is 0 Å². The molecule has 3 aromatic rings. The Hall–Kier alpha value is -4.71. The number of aromatic nitrogens is 2. The van der Waals surface area contributed by atoms with Crippen molar-refractivity contribution in [3.05, 3.63) is 59.8 Å². The molecular formula is C30H35N7O5. The van der Waals surface area contributed by atoms with Gasteiger partial charge in [-0.15, -0.1) is 10.2 Å². The molecule has 1 aliphatic heterocycles. The van der Waals surface area contributed by atoms with Crippen LogP contribution in [0.3, 0.4) is 0 Å². The number of carbonyl (C=O) groups excluding carboxylic acids is 3. The molecule has 5 N–H and O–H groups in total. The summed E-state index contributed by atoms with van der Waals surface area (Å²) in [5.41, 5.74) is 1.71. The maximum atomic E-state index is 13.3. The molecule has 2 fully saturated rings. The summed E-state index contributed by atoms with van der Waals surface area (Å²) in [4.78, 5) is 38.5. The second-order valence-electron chi connectivity index (χ2n) is 10.2. The molecule has 0 radical (unpaired) electrons. The van der Waals surface area contributed by atoms with Gasteiger partial charge in [-0.3, -0.25) is 14.4 Å². The van der Waals surface area contributed by atoms with Crippen LogP contribution in [0, 0.1) is 11.8 Å². The molecule has 12 nitrogen and oxygen atoms in total. The number of rotatable bonds is 11. The van der Waals surface area contributed by atoms with Crippen molar-refractivity contribution in [2.45, 2.75) is 25.7 Å². The molecule has 2 aromatic carbocycles. The molecule has 0 bridgehead atoms. The molecule has 0 spiro atoms. The zero-order chi connectivity index (χ0) is 32.0. The molecule has 2 aliphatic rings. The standard InChI is InChI=1S/C30H35N7O5/c1-31-30(40)26-24(16-25(36-37-26)35-28(38)19-6-7-19)34-23-5-3-4-22(27(23)41-2)29(39)33-21-10-8-20(9-11-21)32-17-18-12-14-42-15-13-18/h3-5,8-11,16,18-19,32H,6-7,12-15,17H2,1-2H3,(H,31,40)(H,33,39)(H2,34,35,36,38)/i1D3. The Kier molecular flexibility index (Phi) is 7.93. The minimum Gasteiger partial charge on any atom is -0.494 e. The number of nitrogens with one attached hydrogen (secondary N) is 5. The highest BCUT2D eigenvalue weighted by atomic mass is 16.5. The van der Waals surface area contributed by atoms with Crippen molar-refractivity contribution < 1.29 is 28.0 Å². The topological polar surface area (TPSA) is 156 Å². The summed E-state index contributed by atoms with van der Waals surface area (Å²) < 4.78 is 33.2. The van der Waals surface area contributed by atoms with E-state index < -0.39 is 18.8 Å². The van der Waals surface area contributed by atoms with Crippen LogP contribution in [-0.2, 0) is 9.53 Å². The van der Waals surface area contributed by atoms with E-state index in [0.717, 1.165) is 51.1 Å². The van der Waals surface area contributed by atoms with Gasteiger partial charge in [-0.05, 0) is 68.0 Å². The largest absolute Gasteiger partial charge is 0.494 e. The zero-order valence-corrected chi connectivity index (χ0v) is 23.2. The van der Waals surface area contributed by atoms with E-state index in [1.54, 1.807) is 30.3 Å². The van der Waals surface area contributed by atoms with Crippen molar-refractivity contribution in [2.75, 3.05) is 55.1 Å². The van der Waals surface area contributed by atoms with Gasteiger partial charge >= 0.3 is 0 Å². The van der Waals surface area contributed by atoms with E-state index in [9.17, 15) is 14.4 Å². The average molecular weight is 577 g/mol. The third-order valence-corrected chi connectivity index (χ3v) is 7.13. The Morgan fingerprint density at radius 2 is 1.71 bits per heavy atom. The summed E-state index contributed by atoms with van der Waals surface area (Å²) in [7, 11) is 1.39. The van der Waals surface area contributed by atoms with Crippen LogP contribution in [0.1, 0.15) is 50.6 Å². The molecule has 1 saturated heterocycles. The monoisotopic (exact) mass is 576 g/mol. The highest BCUT2D eigenvalue weighted by Gasteiger charge is 2.30. The Balaban J connectivity index is 1.33. The molecule has 12 heteroatoms. The summed E-state index contributed by atoms with van der Waals surface area (Å²) in [6.45, 7) is -0.341. The molecule has 2 heterocycles. The second-order valence-corrected chi connectivity index (χ2v) is 10.2. The van der Waals surface area contributed by atoms with Crippen molar-refractivity contribution in [2.24, 2.45) is 11.8 Å². The minimum atomic E-state index is -2.77. The maximum Gasteiger partial charge on any atom is 0.273 e. The van der Waals surface area contributed by atoms with Crippen LogP contribution in [-0.4, -0.2) is 61.8 Å². The number of anilines is 5. The quantitative estimate of drug-likeness (QED) is 0.227. The number of amides is 3. The fourth-order valence-corrected chi connectivity index (χ4v) is 4.61. The fraction of sp³-hybridized carbons (Fsp3) is 0.367. The molecule has 5 rings (SSSR count). The molecule has 0 unspecified atom stereocenters. The highest BCUT2D eigenvalue weighted by Crippen LogP contribution is 2.34. The Labute approximate surface area is 248 Å². The van der Waals surface area contributed by atoms with Crippen molar-refractivity contribution in [1.82, 2.24) is 15.5 Å². The molecule has 0 atom stereocenters. The number of methoxy groups -OCH3 is 1. The van der Waals surface area contributed by atoms with Crippen LogP contribution in [0.2, 0.25) is 0 Å². The number of benzene rings is 2. The number of nitrogens with zero attached hydrogens (tertiary/aromatic N) is 2. The van der Waals surface area contributed by atoms with Crippen molar-refractivity contribution in [3.8, 4) is 5.75 Å². The lowest BCUT2D eigenvalue weighted by atomic mass is 10.0. The first-order valence-electron chi connectivity index (χ1n) is 15.3. The van der Waals surface area contributed by atoms with E-state index in [1.807, 2.05) is 17.4 Å². The van der Waals surface area contributed by atoms with E-state index in [2.05, 4.69) is 31.5 Å². The van der Waals surface area contributed by atoms with Crippen LogP contribution < -0.4 is 31.3 Å². The fourth-order valence-electron chi connectivity index (χ4n) is 4.61. The second kappa shape index (κ2) is 13.3. The summed E-state index contributed by atoms with van der Waals surface area (Å²) in [5, 5.41) is 21.6. The van der Waals surface area contributed by atoms with Crippen LogP contribution >= 0.6 is 0 Å². The molecule has 1 aromatic heterocycles. The van der Waals surface area contributed by atoms with Gasteiger partial charge in [-0.2, -0.15) is 0 Å². The third-order valence-electron chi connectivity index (χ3n) is 7.13. The normalized spacial score (nSPS) is 16.3. The van der Waals surface area contributed by atoms with E-state index in [-0.39, 0.29) is 46.0 Å². The van der Waals surface area contributed by atoms with Gasteiger partial charge in [0.15, 0.2) is 17.3 Å². The van der Waals surface area contributed by atoms with Crippen LogP contribution in [0.15, 0.2) is 48.5 Å². The average Bonchev–Trinajstić information content (AvgIpc) is 3.86. The lowest BCUT2D eigenvalue weighted by molar-refractivity contribution is -0.117. The van der Waals surface area contributed by atoms with Gasteiger partial charge in [0, 0.05) is 54.2 Å². The first-order chi connectivity index (χ1) is 21.6. The van der Waals surface area contributed by atoms with Crippen molar-refractivity contribution >= 4 is 46.3 Å².